The van der Waals surface area contributed by atoms with Gasteiger partial charge in [0.25, 0.3) is 0 Å². The minimum atomic E-state index is 0.104. The molecule has 2 aliphatic carbocycles. The van der Waals surface area contributed by atoms with Crippen molar-refractivity contribution in [2.75, 3.05) is 13.2 Å². The third kappa shape index (κ3) is 2.68. The molecule has 2 bridgehead atoms. The summed E-state index contributed by atoms with van der Waals surface area (Å²) in [6.07, 6.45) is 7.05. The molecule has 0 amide bonds. The first-order chi connectivity index (χ1) is 7.29. The second-order valence-corrected chi connectivity index (χ2v) is 4.54. The Labute approximate surface area is 95.1 Å². The molecule has 0 heterocycles. The smallest absolute Gasteiger partial charge is 0.181 e. The van der Waals surface area contributed by atoms with Gasteiger partial charge in [-0.25, -0.2) is 5.43 Å². The van der Waals surface area contributed by atoms with Crippen LogP contribution in [0.3, 0.4) is 0 Å². The number of hydrogen-bond donors (Lipinski definition) is 4. The molecule has 0 unspecified atom stereocenters. The molecule has 4 nitrogen and oxygen atoms in total. The van der Waals surface area contributed by atoms with Crippen molar-refractivity contribution in [2.45, 2.75) is 18.9 Å². The molecule has 0 saturated heterocycles. The Hall–Kier alpha value is -0.650. The number of aliphatic hydroxyl groups is 1. The number of aliphatic hydroxyl groups excluding tert-OH is 1. The van der Waals surface area contributed by atoms with E-state index in [4.69, 9.17) is 17.3 Å². The third-order valence-corrected chi connectivity index (χ3v) is 3.25. The van der Waals surface area contributed by atoms with Gasteiger partial charge in [-0.3, -0.25) is 5.43 Å². The first-order valence-corrected chi connectivity index (χ1v) is 5.79. The quantitative estimate of drug-likeness (QED) is 0.234. The predicted octanol–water partition coefficient (Wildman–Crippen LogP) is -0.0880. The van der Waals surface area contributed by atoms with E-state index in [1.54, 1.807) is 0 Å². The van der Waals surface area contributed by atoms with Gasteiger partial charge in [-0.2, -0.15) is 0 Å². The average molecular weight is 227 g/mol. The highest BCUT2D eigenvalue weighted by molar-refractivity contribution is 7.80. The van der Waals surface area contributed by atoms with E-state index in [0.717, 1.165) is 5.92 Å². The number of hydrazine groups is 1. The summed E-state index contributed by atoms with van der Waals surface area (Å²) >= 11 is 5.13. The second-order valence-electron chi connectivity index (χ2n) is 4.14. The van der Waals surface area contributed by atoms with Crippen LogP contribution in [0.15, 0.2) is 12.2 Å². The van der Waals surface area contributed by atoms with Crippen LogP contribution in [0.5, 0.6) is 0 Å². The van der Waals surface area contributed by atoms with Crippen molar-refractivity contribution < 1.29 is 5.11 Å². The highest BCUT2D eigenvalue weighted by atomic mass is 32.1. The molecule has 0 aromatic heterocycles. The van der Waals surface area contributed by atoms with E-state index >= 15 is 0 Å². The normalized spacial score (nSPS) is 31.9. The lowest BCUT2D eigenvalue weighted by Gasteiger charge is -2.21. The van der Waals surface area contributed by atoms with Crippen molar-refractivity contribution >= 4 is 17.3 Å². The van der Waals surface area contributed by atoms with Crippen LogP contribution in [0.4, 0.5) is 0 Å². The monoisotopic (exact) mass is 227 g/mol. The van der Waals surface area contributed by atoms with Crippen LogP contribution in [0.2, 0.25) is 0 Å². The lowest BCUT2D eigenvalue weighted by molar-refractivity contribution is 0.289. The van der Waals surface area contributed by atoms with Crippen LogP contribution < -0.4 is 16.2 Å². The van der Waals surface area contributed by atoms with Crippen molar-refractivity contribution in [3.05, 3.63) is 12.2 Å². The molecular weight excluding hydrogens is 210 g/mol. The summed E-state index contributed by atoms with van der Waals surface area (Å²) in [5.74, 6) is 1.40. The van der Waals surface area contributed by atoms with E-state index in [0.29, 0.717) is 23.6 Å². The van der Waals surface area contributed by atoms with E-state index in [-0.39, 0.29) is 6.61 Å². The molecule has 0 spiro atoms. The Balaban J connectivity index is 1.69. The molecule has 15 heavy (non-hydrogen) atoms. The maximum Gasteiger partial charge on any atom is 0.181 e. The van der Waals surface area contributed by atoms with Crippen LogP contribution in [0.1, 0.15) is 12.8 Å². The van der Waals surface area contributed by atoms with Crippen LogP contribution >= 0.6 is 12.2 Å². The van der Waals surface area contributed by atoms with E-state index in [2.05, 4.69) is 28.3 Å². The summed E-state index contributed by atoms with van der Waals surface area (Å²) in [5.41, 5.74) is 5.69. The zero-order valence-corrected chi connectivity index (χ0v) is 9.39. The minimum absolute atomic E-state index is 0.104. The molecule has 3 atom stereocenters. The highest BCUT2D eigenvalue weighted by Gasteiger charge is 2.35. The Morgan fingerprint density at radius 3 is 2.87 bits per heavy atom. The van der Waals surface area contributed by atoms with Crippen molar-refractivity contribution in [2.24, 2.45) is 11.8 Å². The SMILES string of the molecule is OCCNNC(=S)N[C@@H]1C[C@@H]2C=C[C@@H]1C2. The summed E-state index contributed by atoms with van der Waals surface area (Å²) in [7, 11) is 0. The molecule has 5 heteroatoms. The van der Waals surface area contributed by atoms with Crippen molar-refractivity contribution in [1.29, 1.82) is 0 Å². The van der Waals surface area contributed by atoms with Gasteiger partial charge in [0, 0.05) is 12.6 Å². The Morgan fingerprint density at radius 2 is 2.27 bits per heavy atom. The molecule has 2 rings (SSSR count). The number of rotatable bonds is 4. The van der Waals surface area contributed by atoms with Gasteiger partial charge in [-0.1, -0.05) is 12.2 Å². The molecule has 1 saturated carbocycles. The fraction of sp³-hybridized carbons (Fsp3) is 0.700. The zero-order valence-electron chi connectivity index (χ0n) is 8.57. The summed E-state index contributed by atoms with van der Waals surface area (Å²) in [5, 5.41) is 12.5. The third-order valence-electron chi connectivity index (χ3n) is 3.03. The van der Waals surface area contributed by atoms with Crippen molar-refractivity contribution in [3.8, 4) is 0 Å². The van der Waals surface area contributed by atoms with E-state index in [1.165, 1.54) is 12.8 Å². The first-order valence-electron chi connectivity index (χ1n) is 5.38. The lowest BCUT2D eigenvalue weighted by atomic mass is 10.0. The van der Waals surface area contributed by atoms with Crippen LogP contribution in [-0.2, 0) is 0 Å². The Morgan fingerprint density at radius 1 is 1.40 bits per heavy atom. The van der Waals surface area contributed by atoms with Gasteiger partial charge in [0.05, 0.1) is 6.61 Å². The molecular formula is C10H17N3OS. The van der Waals surface area contributed by atoms with Gasteiger partial charge in [0.15, 0.2) is 5.11 Å². The van der Waals surface area contributed by atoms with Crippen LogP contribution in [-0.4, -0.2) is 29.4 Å². The number of hydrogen-bond acceptors (Lipinski definition) is 3. The maximum atomic E-state index is 8.57. The van der Waals surface area contributed by atoms with Gasteiger partial charge >= 0.3 is 0 Å². The molecule has 0 aromatic rings. The fourth-order valence-electron chi connectivity index (χ4n) is 2.35. The Kier molecular flexibility index (Phi) is 3.56. The molecule has 1 fully saturated rings. The summed E-state index contributed by atoms with van der Waals surface area (Å²) < 4.78 is 0. The topological polar surface area (TPSA) is 56.3 Å². The summed E-state index contributed by atoms with van der Waals surface area (Å²) in [4.78, 5) is 0. The van der Waals surface area contributed by atoms with Gasteiger partial charge in [0.1, 0.15) is 0 Å². The zero-order chi connectivity index (χ0) is 10.7. The summed E-state index contributed by atoms with van der Waals surface area (Å²) in [6.45, 7) is 0.602. The second kappa shape index (κ2) is 4.92. The summed E-state index contributed by atoms with van der Waals surface area (Å²) in [6, 6.07) is 0.482. The van der Waals surface area contributed by atoms with Gasteiger partial charge in [-0.05, 0) is 36.9 Å². The van der Waals surface area contributed by atoms with Gasteiger partial charge in [-0.15, -0.1) is 0 Å². The highest BCUT2D eigenvalue weighted by Crippen LogP contribution is 2.38. The first kappa shape index (κ1) is 10.9. The molecule has 0 aliphatic heterocycles. The molecule has 84 valence electrons. The fourth-order valence-corrected chi connectivity index (χ4v) is 2.57. The Bertz CT molecular complexity index is 269. The number of allylic oxidation sites excluding steroid dienone is 1. The van der Waals surface area contributed by atoms with E-state index in [1.807, 2.05) is 0 Å². The van der Waals surface area contributed by atoms with Crippen molar-refractivity contribution in [3.63, 3.8) is 0 Å². The largest absolute Gasteiger partial charge is 0.395 e. The van der Waals surface area contributed by atoms with Gasteiger partial charge in [0.2, 0.25) is 0 Å². The number of fused-ring (bicyclic) bond motifs is 2. The molecule has 0 radical (unpaired) electrons. The standard InChI is InChI=1S/C10H17N3OS/c14-4-3-11-13-10(15)12-9-6-7-1-2-8(9)5-7/h1-2,7-9,11,14H,3-6H2,(H2,12,13,15)/t7-,8-,9-/m1/s1. The van der Waals surface area contributed by atoms with Crippen LogP contribution in [0.25, 0.3) is 0 Å². The van der Waals surface area contributed by atoms with Crippen molar-refractivity contribution in [1.82, 2.24) is 16.2 Å². The number of thiocarbonyl (C=S) groups is 1. The lowest BCUT2D eigenvalue weighted by Crippen LogP contribution is -2.49. The van der Waals surface area contributed by atoms with Crippen LogP contribution in [0, 0.1) is 11.8 Å². The predicted molar refractivity (Wildman–Crippen MR) is 63.1 cm³/mol. The molecule has 4 N–H and O–H groups in total. The van der Waals surface area contributed by atoms with Gasteiger partial charge < -0.3 is 10.4 Å². The minimum Gasteiger partial charge on any atom is -0.395 e. The molecule has 0 aromatic carbocycles. The number of nitrogens with one attached hydrogen (secondary N) is 3. The molecule has 2 aliphatic rings. The van der Waals surface area contributed by atoms with E-state index < -0.39 is 0 Å². The maximum absolute atomic E-state index is 8.57. The average Bonchev–Trinajstić information content (AvgIpc) is 2.79. The van der Waals surface area contributed by atoms with E-state index in [9.17, 15) is 0 Å².